The van der Waals surface area contributed by atoms with Crippen LogP contribution in [-0.2, 0) is 23.8 Å². The molecule has 1 N–H and O–H groups in total. The van der Waals surface area contributed by atoms with Gasteiger partial charge in [-0.2, -0.15) is 52.7 Å². The van der Waals surface area contributed by atoms with Crippen LogP contribution in [0, 0.1) is 11.8 Å². The average Bonchev–Trinajstić information content (AvgIpc) is 3.42. The van der Waals surface area contributed by atoms with Crippen molar-refractivity contribution in [2.75, 3.05) is 0 Å². The zero-order chi connectivity index (χ0) is 33.1. The minimum absolute atomic E-state index is 0.0954. The normalized spacial score (nSPS) is 28.3. The summed E-state index contributed by atoms with van der Waals surface area (Å²) in [5, 5.41) is 10.3. The second kappa shape index (κ2) is 10.8. The number of halogens is 12. The van der Waals surface area contributed by atoms with E-state index in [1.54, 1.807) is 0 Å². The summed E-state index contributed by atoms with van der Waals surface area (Å²) in [6.07, 6.45) is -35.0. The first-order valence-electron chi connectivity index (χ1n) is 12.8. The molecule has 246 valence electrons. The highest BCUT2D eigenvalue weighted by Gasteiger charge is 2.88. The van der Waals surface area contributed by atoms with Crippen LogP contribution in [0.3, 0.4) is 0 Å². The Morgan fingerprint density at radius 3 is 1.58 bits per heavy atom. The summed E-state index contributed by atoms with van der Waals surface area (Å²) in [4.78, 5) is 24.1. The summed E-state index contributed by atoms with van der Waals surface area (Å²) in [5.41, 5.74) is -19.2. The van der Waals surface area contributed by atoms with Crippen LogP contribution in [0.25, 0.3) is 0 Å². The van der Waals surface area contributed by atoms with Gasteiger partial charge in [0.1, 0.15) is 0 Å². The number of carbonyl (C=O) groups is 2. The number of esters is 2. The number of hydrogen-bond donors (Lipinski definition) is 1. The molecule has 0 amide bonds. The lowest BCUT2D eigenvalue weighted by molar-refractivity contribution is -0.448. The van der Waals surface area contributed by atoms with Crippen molar-refractivity contribution in [3.8, 4) is 0 Å². The molecule has 3 aliphatic rings. The number of hydrogen-bond acceptors (Lipinski definition) is 6. The van der Waals surface area contributed by atoms with E-state index in [-0.39, 0.29) is 31.4 Å². The molecule has 0 aliphatic heterocycles. The Morgan fingerprint density at radius 2 is 1.19 bits per heavy atom. The molecule has 6 nitrogen and oxygen atoms in total. The highest BCUT2D eigenvalue weighted by atomic mass is 19.4. The molecule has 0 saturated heterocycles. The predicted octanol–water partition coefficient (Wildman–Crippen LogP) is 6.42. The van der Waals surface area contributed by atoms with Crippen LogP contribution in [0.15, 0.2) is 25.3 Å². The maximum absolute atomic E-state index is 14.9. The van der Waals surface area contributed by atoms with E-state index in [4.69, 9.17) is 9.47 Å². The van der Waals surface area contributed by atoms with E-state index in [2.05, 4.69) is 17.9 Å². The van der Waals surface area contributed by atoms with Crippen LogP contribution in [0.1, 0.15) is 51.4 Å². The van der Waals surface area contributed by atoms with E-state index in [9.17, 15) is 67.4 Å². The van der Waals surface area contributed by atoms with E-state index in [0.29, 0.717) is 0 Å². The molecule has 18 heteroatoms. The summed E-state index contributed by atoms with van der Waals surface area (Å²) in [6, 6.07) is 0. The van der Waals surface area contributed by atoms with Crippen LogP contribution in [-0.4, -0.2) is 70.3 Å². The Morgan fingerprint density at radius 1 is 0.721 bits per heavy atom. The minimum atomic E-state index is -6.70. The maximum atomic E-state index is 14.9. The predicted molar refractivity (Wildman–Crippen MR) is 119 cm³/mol. The number of ether oxygens (including phenoxy) is 3. The molecule has 3 aliphatic carbocycles. The Hall–Kier alpha value is -2.50. The molecule has 3 saturated carbocycles. The lowest BCUT2D eigenvalue weighted by Crippen LogP contribution is -2.77. The van der Waals surface area contributed by atoms with E-state index >= 15 is 0 Å². The fraction of sp³-hybridized carbons (Fsp3) is 0.760. The monoisotopic (exact) mass is 650 g/mol. The van der Waals surface area contributed by atoms with Crippen LogP contribution in [0.4, 0.5) is 52.7 Å². The van der Waals surface area contributed by atoms with Gasteiger partial charge in [-0.15, -0.1) is 0 Å². The molecule has 4 atom stereocenters. The summed E-state index contributed by atoms with van der Waals surface area (Å²) >= 11 is 0. The van der Waals surface area contributed by atoms with Crippen molar-refractivity contribution < 1.29 is 81.6 Å². The van der Waals surface area contributed by atoms with E-state index < -0.39 is 109 Å². The van der Waals surface area contributed by atoms with Gasteiger partial charge < -0.3 is 19.3 Å². The fourth-order valence-electron chi connectivity index (χ4n) is 6.97. The zero-order valence-electron chi connectivity index (χ0n) is 22.0. The van der Waals surface area contributed by atoms with Crippen molar-refractivity contribution in [2.24, 2.45) is 11.8 Å². The van der Waals surface area contributed by atoms with Crippen LogP contribution < -0.4 is 0 Å². The molecule has 0 aromatic rings. The average molecular weight is 650 g/mol. The first-order chi connectivity index (χ1) is 19.4. The van der Waals surface area contributed by atoms with Gasteiger partial charge in [-0.05, 0) is 50.9 Å². The fourth-order valence-corrected chi connectivity index (χ4v) is 6.97. The quantitative estimate of drug-likeness (QED) is 0.186. The number of aliphatic hydroxyl groups is 1. The number of carbonyl (C=O) groups excluding carboxylic acids is 2. The van der Waals surface area contributed by atoms with Crippen molar-refractivity contribution >= 4 is 11.9 Å². The van der Waals surface area contributed by atoms with E-state index in [1.807, 2.05) is 0 Å². The molecular formula is C25H26F12O6. The molecule has 0 aromatic heterocycles. The Balaban J connectivity index is 2.31. The standard InChI is InChI=1S/C25H26F12O6/c1-3-16(38)42-18(8-6-5-7-9-18)21(24(32,33)34,25(35,36)37)41-15-11-13-10-14(15)19(12-13,43-17(39)4-2)20(40,22(26,27)28)23(29,30)31/h3-4,13-15,40H,1-2,5-12H2. The Labute approximate surface area is 236 Å². The SMILES string of the molecule is C=CC(=O)OC1(C(OC2CC3CC2C(OC(=O)C=C)(C(O)(C(F)(F)F)C(F)(F)F)C3)(C(F)(F)F)C(F)(F)F)CCCCC1. The summed E-state index contributed by atoms with van der Waals surface area (Å²) < 4.78 is 188. The van der Waals surface area contributed by atoms with Crippen molar-refractivity contribution in [3.05, 3.63) is 25.3 Å². The number of fused-ring (bicyclic) bond motifs is 2. The minimum Gasteiger partial charge on any atom is -0.452 e. The van der Waals surface area contributed by atoms with Gasteiger partial charge in [0, 0.05) is 18.1 Å². The largest absolute Gasteiger partial charge is 0.452 e. The lowest BCUT2D eigenvalue weighted by Gasteiger charge is -2.55. The van der Waals surface area contributed by atoms with Gasteiger partial charge in [-0.1, -0.05) is 19.6 Å². The lowest BCUT2D eigenvalue weighted by atomic mass is 9.68. The second-order valence-corrected chi connectivity index (χ2v) is 10.9. The molecule has 43 heavy (non-hydrogen) atoms. The zero-order valence-corrected chi connectivity index (χ0v) is 22.0. The molecule has 0 radical (unpaired) electrons. The Kier molecular flexibility index (Phi) is 8.82. The summed E-state index contributed by atoms with van der Waals surface area (Å²) in [7, 11) is 0. The molecule has 3 rings (SSSR count). The summed E-state index contributed by atoms with van der Waals surface area (Å²) in [5.74, 6) is -7.93. The van der Waals surface area contributed by atoms with Crippen LogP contribution >= 0.6 is 0 Å². The van der Waals surface area contributed by atoms with Crippen molar-refractivity contribution in [1.29, 1.82) is 0 Å². The van der Waals surface area contributed by atoms with E-state index in [0.717, 1.165) is 0 Å². The molecule has 2 bridgehead atoms. The van der Waals surface area contributed by atoms with Crippen molar-refractivity contribution in [2.45, 2.75) is 105 Å². The number of alkyl halides is 12. The van der Waals surface area contributed by atoms with Crippen molar-refractivity contribution in [3.63, 3.8) is 0 Å². The third-order valence-corrected chi connectivity index (χ3v) is 8.57. The Bertz CT molecular complexity index is 1070. The van der Waals surface area contributed by atoms with Gasteiger partial charge in [-0.25, -0.2) is 9.59 Å². The maximum Gasteiger partial charge on any atom is 0.430 e. The molecular weight excluding hydrogens is 624 g/mol. The van der Waals surface area contributed by atoms with Gasteiger partial charge >= 0.3 is 36.6 Å². The molecule has 0 aromatic carbocycles. The van der Waals surface area contributed by atoms with E-state index in [1.165, 1.54) is 0 Å². The van der Waals surface area contributed by atoms with Gasteiger partial charge in [0.15, 0.2) is 11.2 Å². The van der Waals surface area contributed by atoms with Gasteiger partial charge in [0.05, 0.1) is 6.10 Å². The second-order valence-electron chi connectivity index (χ2n) is 10.9. The van der Waals surface area contributed by atoms with Gasteiger partial charge in [-0.3, -0.25) is 0 Å². The molecule has 4 unspecified atom stereocenters. The third kappa shape index (κ3) is 5.19. The molecule has 0 heterocycles. The first kappa shape index (κ1) is 35.0. The summed E-state index contributed by atoms with van der Waals surface area (Å²) in [6.45, 7) is 5.80. The third-order valence-electron chi connectivity index (χ3n) is 8.57. The van der Waals surface area contributed by atoms with Crippen LogP contribution in [0.5, 0.6) is 0 Å². The molecule has 3 fully saturated rings. The topological polar surface area (TPSA) is 82.1 Å². The smallest absolute Gasteiger partial charge is 0.430 e. The molecule has 0 spiro atoms. The van der Waals surface area contributed by atoms with Crippen LogP contribution in [0.2, 0.25) is 0 Å². The first-order valence-corrected chi connectivity index (χ1v) is 12.8. The highest BCUT2D eigenvalue weighted by Crippen LogP contribution is 2.67. The number of rotatable bonds is 8. The van der Waals surface area contributed by atoms with Gasteiger partial charge in [0.25, 0.3) is 11.2 Å². The highest BCUT2D eigenvalue weighted by molar-refractivity contribution is 5.82. The van der Waals surface area contributed by atoms with Crippen molar-refractivity contribution in [1.82, 2.24) is 0 Å². The van der Waals surface area contributed by atoms with Gasteiger partial charge in [0.2, 0.25) is 0 Å².